The molecular weight excluding hydrogens is 490 g/mol. The second kappa shape index (κ2) is 13.0. The van der Waals surface area contributed by atoms with Gasteiger partial charge in [0.2, 0.25) is 0 Å². The molecular formula is C20H33N11O2S2. The molecule has 0 aliphatic heterocycles. The van der Waals surface area contributed by atoms with Crippen molar-refractivity contribution in [3.05, 3.63) is 31.2 Å². The number of nitrogens with two attached hydrogens (primary N) is 4. The largest absolute Gasteiger partial charge is 0.370 e. The molecule has 2 aromatic rings. The highest BCUT2D eigenvalue weighted by Gasteiger charge is 2.26. The predicted molar refractivity (Wildman–Crippen MR) is 138 cm³/mol. The lowest BCUT2D eigenvalue weighted by Crippen LogP contribution is -2.31. The van der Waals surface area contributed by atoms with Crippen LogP contribution in [0.3, 0.4) is 0 Å². The van der Waals surface area contributed by atoms with Gasteiger partial charge in [0.05, 0.1) is 27.4 Å². The van der Waals surface area contributed by atoms with Crippen molar-refractivity contribution in [1.29, 1.82) is 10.8 Å². The van der Waals surface area contributed by atoms with Crippen LogP contribution >= 0.6 is 22.7 Å². The number of nitrogens with one attached hydrogen (secondary N) is 5. The SMILES string of the molecule is Cc1nc([C@@H](N)CCCNC(=N)N)c(C(=O)N[C@@H](C)c2nc(CCCNC(=N)N)sc2C(N)=O)s1. The number of carbonyl (C=O) groups excluding carboxylic acids is 2. The molecule has 0 saturated heterocycles. The van der Waals surface area contributed by atoms with E-state index in [0.29, 0.717) is 69.9 Å². The van der Waals surface area contributed by atoms with Gasteiger partial charge in [-0.05, 0) is 33.1 Å². The molecule has 192 valence electrons. The summed E-state index contributed by atoms with van der Waals surface area (Å²) in [4.78, 5) is 34.8. The van der Waals surface area contributed by atoms with E-state index in [4.69, 9.17) is 33.8 Å². The lowest BCUT2D eigenvalue weighted by molar-refractivity contribution is 0.0936. The van der Waals surface area contributed by atoms with Gasteiger partial charge < -0.3 is 38.9 Å². The first-order valence-corrected chi connectivity index (χ1v) is 12.6. The first-order chi connectivity index (χ1) is 16.5. The molecule has 0 bridgehead atoms. The summed E-state index contributed by atoms with van der Waals surface area (Å²) in [7, 11) is 0. The van der Waals surface area contributed by atoms with Gasteiger partial charge in [-0.25, -0.2) is 9.97 Å². The van der Waals surface area contributed by atoms with Gasteiger partial charge in [0.1, 0.15) is 9.75 Å². The minimum absolute atomic E-state index is 0.106. The lowest BCUT2D eigenvalue weighted by Gasteiger charge is -2.15. The Balaban J connectivity index is 2.09. The van der Waals surface area contributed by atoms with Crippen LogP contribution in [-0.2, 0) is 6.42 Å². The lowest BCUT2D eigenvalue weighted by atomic mass is 10.1. The zero-order valence-corrected chi connectivity index (χ0v) is 21.4. The Morgan fingerprint density at radius 2 is 1.60 bits per heavy atom. The Bertz CT molecular complexity index is 1070. The third-order valence-electron chi connectivity index (χ3n) is 4.89. The summed E-state index contributed by atoms with van der Waals surface area (Å²) >= 11 is 2.44. The first kappa shape index (κ1) is 27.9. The molecule has 2 aromatic heterocycles. The van der Waals surface area contributed by atoms with Gasteiger partial charge in [0, 0.05) is 25.6 Å². The second-order valence-corrected chi connectivity index (χ2v) is 10.1. The number of nitrogens with zero attached hydrogens (tertiary/aromatic N) is 2. The van der Waals surface area contributed by atoms with Gasteiger partial charge in [-0.2, -0.15) is 0 Å². The van der Waals surface area contributed by atoms with E-state index >= 15 is 0 Å². The third kappa shape index (κ3) is 8.45. The van der Waals surface area contributed by atoms with Crippen molar-refractivity contribution in [2.45, 2.75) is 51.6 Å². The molecule has 0 aliphatic rings. The summed E-state index contributed by atoms with van der Waals surface area (Å²) < 4.78 is 0. The van der Waals surface area contributed by atoms with E-state index in [0.717, 1.165) is 0 Å². The molecule has 2 atom stereocenters. The number of guanidine groups is 2. The highest BCUT2D eigenvalue weighted by atomic mass is 32.1. The Labute approximate surface area is 211 Å². The van der Waals surface area contributed by atoms with Crippen LogP contribution in [0.1, 0.15) is 79.0 Å². The van der Waals surface area contributed by atoms with E-state index < -0.39 is 18.0 Å². The topological polar surface area (TPSA) is 248 Å². The molecule has 0 spiro atoms. The monoisotopic (exact) mass is 523 g/mol. The molecule has 0 saturated carbocycles. The minimum Gasteiger partial charge on any atom is -0.370 e. The second-order valence-electron chi connectivity index (χ2n) is 7.86. The summed E-state index contributed by atoms with van der Waals surface area (Å²) in [6, 6.07) is -1.03. The van der Waals surface area contributed by atoms with E-state index in [1.54, 1.807) is 13.8 Å². The van der Waals surface area contributed by atoms with Crippen LogP contribution in [0.15, 0.2) is 0 Å². The molecule has 15 heteroatoms. The van der Waals surface area contributed by atoms with E-state index in [9.17, 15) is 9.59 Å². The van der Waals surface area contributed by atoms with Gasteiger partial charge in [0.25, 0.3) is 11.8 Å². The van der Waals surface area contributed by atoms with Crippen molar-refractivity contribution in [2.75, 3.05) is 13.1 Å². The number of thiazole rings is 2. The van der Waals surface area contributed by atoms with Crippen LogP contribution in [-0.4, -0.2) is 46.8 Å². The zero-order chi connectivity index (χ0) is 26.1. The summed E-state index contributed by atoms with van der Waals surface area (Å²) in [6.07, 6.45) is 2.44. The average Bonchev–Trinajstić information content (AvgIpc) is 3.38. The number of rotatable bonds is 13. The molecule has 0 radical (unpaired) electrons. The molecule has 13 nitrogen and oxygen atoms in total. The van der Waals surface area contributed by atoms with Gasteiger partial charge in [-0.15, -0.1) is 22.7 Å². The number of hydrogen-bond acceptors (Lipinski definition) is 9. The van der Waals surface area contributed by atoms with Crippen LogP contribution in [0.25, 0.3) is 0 Å². The normalized spacial score (nSPS) is 12.5. The maximum absolute atomic E-state index is 13.1. The van der Waals surface area contributed by atoms with E-state index in [-0.39, 0.29) is 17.8 Å². The standard InChI is InChI=1S/C20H33N11O2S2/c1-9(13-15(17(22)32)35-12(31-13)6-4-8-28-20(25)26)29-18(33)16-14(30-10(2)34-16)11(21)5-3-7-27-19(23)24/h9,11H,3-8,21H2,1-2H3,(H2,22,32)(H,29,33)(H4,23,24,27)(H4,25,26,28)/t9-,11-/m0/s1. The van der Waals surface area contributed by atoms with Crippen LogP contribution in [0.2, 0.25) is 0 Å². The van der Waals surface area contributed by atoms with Gasteiger partial charge in [-0.3, -0.25) is 20.4 Å². The molecule has 0 aliphatic carbocycles. The Kier molecular flexibility index (Phi) is 10.4. The smallest absolute Gasteiger partial charge is 0.263 e. The predicted octanol–water partition coefficient (Wildman–Crippen LogP) is 0.177. The van der Waals surface area contributed by atoms with Crippen molar-refractivity contribution in [3.8, 4) is 0 Å². The summed E-state index contributed by atoms with van der Waals surface area (Å²) in [5.41, 5.74) is 23.3. The summed E-state index contributed by atoms with van der Waals surface area (Å²) in [6.45, 7) is 4.54. The van der Waals surface area contributed by atoms with Gasteiger partial charge in [0.15, 0.2) is 11.9 Å². The molecule has 0 aromatic carbocycles. The quantitative estimate of drug-likeness (QED) is 0.0984. The van der Waals surface area contributed by atoms with Crippen molar-refractivity contribution >= 4 is 46.4 Å². The van der Waals surface area contributed by atoms with E-state index in [2.05, 4.69) is 25.9 Å². The number of amides is 2. The Morgan fingerprint density at radius 3 is 2.20 bits per heavy atom. The maximum atomic E-state index is 13.1. The molecule has 13 N–H and O–H groups in total. The fourth-order valence-corrected chi connectivity index (χ4v) is 5.23. The average molecular weight is 524 g/mol. The maximum Gasteiger partial charge on any atom is 0.263 e. The molecule has 35 heavy (non-hydrogen) atoms. The van der Waals surface area contributed by atoms with Crippen LogP contribution in [0.4, 0.5) is 0 Å². The summed E-state index contributed by atoms with van der Waals surface area (Å²) in [5.74, 6) is -1.18. The van der Waals surface area contributed by atoms with E-state index in [1.165, 1.54) is 22.7 Å². The number of primary amides is 1. The van der Waals surface area contributed by atoms with Crippen LogP contribution in [0, 0.1) is 17.7 Å². The van der Waals surface area contributed by atoms with Crippen molar-refractivity contribution < 1.29 is 9.59 Å². The highest BCUT2D eigenvalue weighted by molar-refractivity contribution is 7.14. The van der Waals surface area contributed by atoms with Crippen LogP contribution in [0.5, 0.6) is 0 Å². The Hall–Kier alpha value is -3.30. The fourth-order valence-electron chi connectivity index (χ4n) is 3.29. The molecule has 2 amide bonds. The minimum atomic E-state index is -0.609. The molecule has 0 fully saturated rings. The van der Waals surface area contributed by atoms with Crippen molar-refractivity contribution in [3.63, 3.8) is 0 Å². The molecule has 2 heterocycles. The van der Waals surface area contributed by atoms with Gasteiger partial charge in [-0.1, -0.05) is 0 Å². The third-order valence-corrected chi connectivity index (χ3v) is 7.02. The zero-order valence-electron chi connectivity index (χ0n) is 19.7. The number of aromatic nitrogens is 2. The molecule has 2 rings (SSSR count). The number of carbonyl (C=O) groups is 2. The van der Waals surface area contributed by atoms with E-state index in [1.807, 2.05) is 0 Å². The molecule has 0 unspecified atom stereocenters. The first-order valence-electron chi connectivity index (χ1n) is 11.0. The Morgan fingerprint density at radius 1 is 0.971 bits per heavy atom. The van der Waals surface area contributed by atoms with Crippen molar-refractivity contribution in [2.24, 2.45) is 22.9 Å². The highest BCUT2D eigenvalue weighted by Crippen LogP contribution is 2.28. The number of hydrogen-bond donors (Lipinski definition) is 9. The summed E-state index contributed by atoms with van der Waals surface area (Å²) in [5, 5.41) is 24.1. The van der Waals surface area contributed by atoms with Crippen LogP contribution < -0.4 is 38.9 Å². The fraction of sp³-hybridized carbons (Fsp3) is 0.500. The van der Waals surface area contributed by atoms with Gasteiger partial charge >= 0.3 is 0 Å². The number of aryl methyl sites for hydroxylation is 2. The van der Waals surface area contributed by atoms with Crippen molar-refractivity contribution in [1.82, 2.24) is 25.9 Å².